The molecule has 0 aliphatic rings. The summed E-state index contributed by atoms with van der Waals surface area (Å²) < 4.78 is 0. The number of nitrogens with zero attached hydrogens (tertiary/aromatic N) is 1. The molecule has 0 amide bonds. The van der Waals surface area contributed by atoms with Gasteiger partial charge in [0.05, 0.1) is 11.6 Å². The summed E-state index contributed by atoms with van der Waals surface area (Å²) >= 11 is 0. The van der Waals surface area contributed by atoms with E-state index in [4.69, 9.17) is 11.5 Å². The van der Waals surface area contributed by atoms with Crippen LogP contribution in [0.5, 0.6) is 0 Å². The Morgan fingerprint density at radius 1 is 1.69 bits per heavy atom. The van der Waals surface area contributed by atoms with Crippen LogP contribution in [0.3, 0.4) is 0 Å². The summed E-state index contributed by atoms with van der Waals surface area (Å²) in [5.41, 5.74) is 0.858. The number of hydrogen-bond acceptors (Lipinski definition) is 3. The van der Waals surface area contributed by atoms with Crippen molar-refractivity contribution in [3.05, 3.63) is 23.4 Å². The van der Waals surface area contributed by atoms with Gasteiger partial charge in [-0.1, -0.05) is 12.8 Å². The summed E-state index contributed by atoms with van der Waals surface area (Å²) in [6.45, 7) is 3.69. The van der Waals surface area contributed by atoms with Crippen molar-refractivity contribution in [2.45, 2.75) is 26.3 Å². The Bertz CT molecular complexity index is 435. The number of terminal acetylenes is 1. The lowest BCUT2D eigenvalue weighted by molar-refractivity contribution is 0.0696. The normalized spacial score (nSPS) is 11.6. The predicted octanol–water partition coefficient (Wildman–Crippen LogP) is 1.91. The molecule has 4 heteroatoms. The van der Waals surface area contributed by atoms with E-state index in [2.05, 4.69) is 16.2 Å². The van der Waals surface area contributed by atoms with E-state index < -0.39 is 5.97 Å². The Kier molecular flexibility index (Phi) is 3.90. The molecule has 2 N–H and O–H groups in total. The molecule has 1 atom stereocenters. The summed E-state index contributed by atoms with van der Waals surface area (Å²) in [6.07, 6.45) is 6.07. The summed E-state index contributed by atoms with van der Waals surface area (Å²) in [5.74, 6) is 2.10. The third kappa shape index (κ3) is 2.99. The molecule has 4 nitrogen and oxygen atoms in total. The first kappa shape index (κ1) is 12.1. The van der Waals surface area contributed by atoms with Gasteiger partial charge in [0, 0.05) is 5.69 Å². The fourth-order valence-corrected chi connectivity index (χ4v) is 1.31. The van der Waals surface area contributed by atoms with E-state index in [1.807, 2.05) is 6.92 Å². The van der Waals surface area contributed by atoms with E-state index >= 15 is 0 Å². The Hall–Kier alpha value is -2.02. The first-order valence-corrected chi connectivity index (χ1v) is 5.01. The first-order chi connectivity index (χ1) is 7.56. The highest BCUT2D eigenvalue weighted by Crippen LogP contribution is 2.12. The minimum absolute atomic E-state index is 0.129. The van der Waals surface area contributed by atoms with Crippen LogP contribution in [0.15, 0.2) is 12.1 Å². The van der Waals surface area contributed by atoms with Crippen LogP contribution in [0.2, 0.25) is 0 Å². The SMILES string of the molecule is C#CC(CC)Nc1cc(C(=O)O)cc(C)n1. The van der Waals surface area contributed by atoms with Crippen molar-refractivity contribution in [2.75, 3.05) is 5.32 Å². The molecule has 0 fully saturated rings. The van der Waals surface area contributed by atoms with E-state index in [0.29, 0.717) is 11.5 Å². The molecule has 0 radical (unpaired) electrons. The Morgan fingerprint density at radius 2 is 2.38 bits per heavy atom. The average molecular weight is 218 g/mol. The maximum atomic E-state index is 10.8. The van der Waals surface area contributed by atoms with E-state index in [1.165, 1.54) is 12.1 Å². The van der Waals surface area contributed by atoms with Gasteiger partial charge >= 0.3 is 5.97 Å². The molecule has 0 bridgehead atoms. The minimum atomic E-state index is -0.970. The van der Waals surface area contributed by atoms with Crippen molar-refractivity contribution >= 4 is 11.8 Å². The molecule has 0 aromatic carbocycles. The minimum Gasteiger partial charge on any atom is -0.478 e. The van der Waals surface area contributed by atoms with E-state index in [0.717, 1.165) is 6.42 Å². The monoisotopic (exact) mass is 218 g/mol. The first-order valence-electron chi connectivity index (χ1n) is 5.01. The van der Waals surface area contributed by atoms with Gasteiger partial charge in [0.2, 0.25) is 0 Å². The number of pyridine rings is 1. The number of aromatic nitrogens is 1. The molecule has 1 rings (SSSR count). The third-order valence-corrected chi connectivity index (χ3v) is 2.13. The van der Waals surface area contributed by atoms with Crippen molar-refractivity contribution in [2.24, 2.45) is 0 Å². The van der Waals surface area contributed by atoms with Crippen molar-refractivity contribution < 1.29 is 9.90 Å². The molecule has 16 heavy (non-hydrogen) atoms. The zero-order valence-corrected chi connectivity index (χ0v) is 9.32. The van der Waals surface area contributed by atoms with Crippen LogP contribution in [0.4, 0.5) is 5.82 Å². The maximum absolute atomic E-state index is 10.8. The van der Waals surface area contributed by atoms with Gasteiger partial charge in [-0.05, 0) is 25.5 Å². The molecular formula is C12H14N2O2. The van der Waals surface area contributed by atoms with Gasteiger partial charge in [0.25, 0.3) is 0 Å². The lowest BCUT2D eigenvalue weighted by atomic mass is 10.2. The number of aryl methyl sites for hydroxylation is 1. The van der Waals surface area contributed by atoms with Crippen LogP contribution >= 0.6 is 0 Å². The van der Waals surface area contributed by atoms with Gasteiger partial charge in [-0.3, -0.25) is 0 Å². The van der Waals surface area contributed by atoms with Crippen LogP contribution in [0.1, 0.15) is 29.4 Å². The van der Waals surface area contributed by atoms with Crippen LogP contribution in [0, 0.1) is 19.3 Å². The Balaban J connectivity index is 2.97. The van der Waals surface area contributed by atoms with E-state index in [1.54, 1.807) is 6.92 Å². The number of carboxylic acid groups (broad SMARTS) is 1. The molecule has 1 aromatic rings. The molecule has 1 unspecified atom stereocenters. The van der Waals surface area contributed by atoms with Crippen LogP contribution < -0.4 is 5.32 Å². The summed E-state index contributed by atoms with van der Waals surface area (Å²) in [6, 6.07) is 2.87. The van der Waals surface area contributed by atoms with E-state index in [-0.39, 0.29) is 11.6 Å². The molecule has 0 aliphatic carbocycles. The zero-order valence-electron chi connectivity index (χ0n) is 9.32. The molecule has 1 heterocycles. The van der Waals surface area contributed by atoms with Crippen molar-refractivity contribution in [3.63, 3.8) is 0 Å². The zero-order chi connectivity index (χ0) is 12.1. The van der Waals surface area contributed by atoms with Gasteiger partial charge < -0.3 is 10.4 Å². The quantitative estimate of drug-likeness (QED) is 0.758. The Morgan fingerprint density at radius 3 is 2.88 bits per heavy atom. The smallest absolute Gasteiger partial charge is 0.335 e. The molecule has 0 spiro atoms. The molecule has 84 valence electrons. The van der Waals surface area contributed by atoms with Crippen LogP contribution in [-0.4, -0.2) is 22.1 Å². The van der Waals surface area contributed by atoms with Gasteiger partial charge in [0.1, 0.15) is 5.82 Å². The second kappa shape index (κ2) is 5.17. The summed E-state index contributed by atoms with van der Waals surface area (Å²) in [5, 5.41) is 11.9. The molecule has 0 saturated carbocycles. The van der Waals surface area contributed by atoms with Gasteiger partial charge in [0.15, 0.2) is 0 Å². The number of carboxylic acids is 1. The highest BCUT2D eigenvalue weighted by Gasteiger charge is 2.08. The second-order valence-electron chi connectivity index (χ2n) is 3.46. The van der Waals surface area contributed by atoms with Crippen LogP contribution in [0.25, 0.3) is 0 Å². The lowest BCUT2D eigenvalue weighted by Crippen LogP contribution is -2.17. The largest absolute Gasteiger partial charge is 0.478 e. The molecule has 0 saturated heterocycles. The van der Waals surface area contributed by atoms with Crippen molar-refractivity contribution in [3.8, 4) is 12.3 Å². The van der Waals surface area contributed by atoms with Gasteiger partial charge in [-0.25, -0.2) is 9.78 Å². The fraction of sp³-hybridized carbons (Fsp3) is 0.333. The predicted molar refractivity (Wildman–Crippen MR) is 62.5 cm³/mol. The number of nitrogens with one attached hydrogen (secondary N) is 1. The third-order valence-electron chi connectivity index (χ3n) is 2.13. The highest BCUT2D eigenvalue weighted by molar-refractivity contribution is 5.88. The Labute approximate surface area is 94.7 Å². The number of hydrogen-bond donors (Lipinski definition) is 2. The molecule has 0 aliphatic heterocycles. The standard InChI is InChI=1S/C12H14N2O2/c1-4-10(5-2)14-11-7-9(12(15)16)6-8(3)13-11/h1,6-7,10H,5H2,2-3H3,(H,13,14)(H,15,16). The summed E-state index contributed by atoms with van der Waals surface area (Å²) in [7, 11) is 0. The van der Waals surface area contributed by atoms with Gasteiger partial charge in [-0.15, -0.1) is 6.42 Å². The summed E-state index contributed by atoms with van der Waals surface area (Å²) in [4.78, 5) is 15.0. The fourth-order valence-electron chi connectivity index (χ4n) is 1.31. The average Bonchev–Trinajstić information content (AvgIpc) is 2.25. The van der Waals surface area contributed by atoms with Gasteiger partial charge in [-0.2, -0.15) is 0 Å². The van der Waals surface area contributed by atoms with Crippen LogP contribution in [-0.2, 0) is 0 Å². The van der Waals surface area contributed by atoms with Crippen molar-refractivity contribution in [1.82, 2.24) is 4.98 Å². The lowest BCUT2D eigenvalue weighted by Gasteiger charge is -2.12. The second-order valence-corrected chi connectivity index (χ2v) is 3.46. The highest BCUT2D eigenvalue weighted by atomic mass is 16.4. The molecular weight excluding hydrogens is 204 g/mol. The van der Waals surface area contributed by atoms with Crippen molar-refractivity contribution in [1.29, 1.82) is 0 Å². The number of carbonyl (C=O) groups is 1. The number of aromatic carboxylic acids is 1. The number of rotatable bonds is 4. The topological polar surface area (TPSA) is 62.2 Å². The number of anilines is 1. The molecule has 1 aromatic heterocycles. The maximum Gasteiger partial charge on any atom is 0.335 e. The van der Waals surface area contributed by atoms with E-state index in [9.17, 15) is 4.79 Å².